The molecule has 0 fully saturated rings. The van der Waals surface area contributed by atoms with Crippen molar-refractivity contribution in [2.24, 2.45) is 0 Å². The Labute approximate surface area is 89.1 Å². The summed E-state index contributed by atoms with van der Waals surface area (Å²) < 4.78 is 24.9. The van der Waals surface area contributed by atoms with E-state index in [2.05, 4.69) is 5.32 Å². The lowest BCUT2D eigenvalue weighted by atomic mass is 9.99. The number of dihydropyridines is 1. The fourth-order valence-corrected chi connectivity index (χ4v) is 1.34. The minimum atomic E-state index is -1.46. The zero-order chi connectivity index (χ0) is 12.3. The summed E-state index contributed by atoms with van der Waals surface area (Å²) in [7, 11) is 0. The molecular weight excluding hydrogens is 224 g/mol. The summed E-state index contributed by atoms with van der Waals surface area (Å²) in [5.74, 6) is -2.90. The third kappa shape index (κ3) is 2.18. The molecule has 0 aromatic rings. The van der Waals surface area contributed by atoms with E-state index in [-0.39, 0.29) is 5.70 Å². The smallest absolute Gasteiger partial charge is 0.337 e. The second-order valence-electron chi connectivity index (χ2n) is 3.09. The van der Waals surface area contributed by atoms with Crippen LogP contribution in [-0.4, -0.2) is 41.5 Å². The maximum absolute atomic E-state index is 12.5. The number of carboxylic acids is 2. The van der Waals surface area contributed by atoms with Crippen molar-refractivity contribution in [3.05, 3.63) is 22.9 Å². The van der Waals surface area contributed by atoms with Crippen molar-refractivity contribution >= 4 is 11.9 Å². The highest BCUT2D eigenvalue weighted by Crippen LogP contribution is 2.19. The van der Waals surface area contributed by atoms with Gasteiger partial charge < -0.3 is 15.5 Å². The molecule has 1 atom stereocenters. The quantitative estimate of drug-likeness (QED) is 0.647. The van der Waals surface area contributed by atoms with Crippen molar-refractivity contribution in [2.75, 3.05) is 13.3 Å². The number of hydrogen-bond donors (Lipinski definition) is 3. The summed E-state index contributed by atoms with van der Waals surface area (Å²) in [6.07, 6.45) is 0.778. The van der Waals surface area contributed by atoms with E-state index in [0.29, 0.717) is 0 Å². The largest absolute Gasteiger partial charge is 0.478 e. The Bertz CT molecular complexity index is 389. The molecule has 7 heteroatoms. The van der Waals surface area contributed by atoms with E-state index >= 15 is 0 Å². The monoisotopic (exact) mass is 233 g/mol. The molecule has 16 heavy (non-hydrogen) atoms. The topological polar surface area (TPSA) is 86.6 Å². The zero-order valence-corrected chi connectivity index (χ0v) is 8.04. The number of nitrogens with one attached hydrogen (secondary N) is 1. The Hall–Kier alpha value is -1.92. The number of hydrogen-bond acceptors (Lipinski definition) is 3. The Balaban J connectivity index is 3.20. The molecule has 88 valence electrons. The number of allylic oxidation sites excluding steroid dienone is 1. The minimum absolute atomic E-state index is 0.319. The van der Waals surface area contributed by atoms with Crippen LogP contribution in [0.1, 0.15) is 0 Å². The Morgan fingerprint density at radius 1 is 1.31 bits per heavy atom. The van der Waals surface area contributed by atoms with Crippen molar-refractivity contribution in [3.8, 4) is 0 Å². The zero-order valence-electron chi connectivity index (χ0n) is 8.04. The lowest BCUT2D eigenvalue weighted by Gasteiger charge is -2.23. The first kappa shape index (κ1) is 12.2. The normalized spacial score (nSPS) is 20.1. The first-order valence-electron chi connectivity index (χ1n) is 4.31. The predicted octanol–water partition coefficient (Wildman–Crippen LogP) is 0.247. The van der Waals surface area contributed by atoms with Crippen LogP contribution in [0, 0.1) is 0 Å². The van der Waals surface area contributed by atoms with Gasteiger partial charge in [-0.25, -0.2) is 18.4 Å². The highest BCUT2D eigenvalue weighted by Gasteiger charge is 2.29. The summed E-state index contributed by atoms with van der Waals surface area (Å²) >= 11 is 0. The molecule has 1 aliphatic heterocycles. The van der Waals surface area contributed by atoms with Gasteiger partial charge in [-0.2, -0.15) is 0 Å². The van der Waals surface area contributed by atoms with E-state index in [1.165, 1.54) is 0 Å². The van der Waals surface area contributed by atoms with Crippen LogP contribution in [0.5, 0.6) is 0 Å². The van der Waals surface area contributed by atoms with Gasteiger partial charge in [0.25, 0.3) is 0 Å². The number of halogens is 2. The van der Waals surface area contributed by atoms with Gasteiger partial charge in [0.1, 0.15) is 13.3 Å². The first-order chi connectivity index (χ1) is 7.51. The molecule has 0 bridgehead atoms. The standard InChI is InChI=1S/C9H9F2NO4/c10-2-6-4(8(13)14)1-5(9(15)16)7(3-11)12-6/h1,6,12H,2-3H2,(H,13,14)(H,15,16). The molecule has 0 spiro atoms. The molecule has 1 heterocycles. The van der Waals surface area contributed by atoms with Crippen molar-refractivity contribution in [1.29, 1.82) is 0 Å². The van der Waals surface area contributed by atoms with Crippen LogP contribution in [0.4, 0.5) is 8.78 Å². The summed E-state index contributed by atoms with van der Waals surface area (Å²) in [6, 6.07) is -1.22. The second-order valence-corrected chi connectivity index (χ2v) is 3.09. The van der Waals surface area contributed by atoms with E-state index in [4.69, 9.17) is 10.2 Å². The van der Waals surface area contributed by atoms with Crippen LogP contribution in [0.15, 0.2) is 22.9 Å². The Morgan fingerprint density at radius 2 is 1.94 bits per heavy atom. The summed E-state index contributed by atoms with van der Waals surface area (Å²) in [6.45, 7) is -2.18. The van der Waals surface area contributed by atoms with Gasteiger partial charge in [0.2, 0.25) is 0 Å². The van der Waals surface area contributed by atoms with Gasteiger partial charge in [0.15, 0.2) is 0 Å². The van der Waals surface area contributed by atoms with Crippen LogP contribution in [0.3, 0.4) is 0 Å². The van der Waals surface area contributed by atoms with E-state index in [9.17, 15) is 18.4 Å². The maximum atomic E-state index is 12.5. The highest BCUT2D eigenvalue weighted by atomic mass is 19.1. The minimum Gasteiger partial charge on any atom is -0.478 e. The molecule has 1 unspecified atom stereocenters. The van der Waals surface area contributed by atoms with Crippen LogP contribution in [0.25, 0.3) is 0 Å². The molecule has 0 saturated heterocycles. The number of aliphatic carboxylic acids is 2. The number of rotatable bonds is 4. The maximum Gasteiger partial charge on any atom is 0.337 e. The lowest BCUT2D eigenvalue weighted by molar-refractivity contribution is -0.133. The van der Waals surface area contributed by atoms with Gasteiger partial charge in [-0.05, 0) is 6.08 Å². The lowest BCUT2D eigenvalue weighted by Crippen LogP contribution is -2.40. The van der Waals surface area contributed by atoms with Gasteiger partial charge in [-0.15, -0.1) is 0 Å². The fraction of sp³-hybridized carbons (Fsp3) is 0.333. The summed E-state index contributed by atoms with van der Waals surface area (Å²) in [5.41, 5.74) is -1.25. The van der Waals surface area contributed by atoms with E-state index in [0.717, 1.165) is 6.08 Å². The average molecular weight is 233 g/mol. The SMILES string of the molecule is O=C(O)C1=CC(C(=O)O)=C(CF)NC1CF. The van der Waals surface area contributed by atoms with E-state index in [1.807, 2.05) is 0 Å². The molecule has 3 N–H and O–H groups in total. The highest BCUT2D eigenvalue weighted by molar-refractivity contribution is 5.97. The van der Waals surface area contributed by atoms with Gasteiger partial charge >= 0.3 is 11.9 Å². The summed E-state index contributed by atoms with van der Waals surface area (Å²) in [5, 5.41) is 19.6. The van der Waals surface area contributed by atoms with Crippen LogP contribution < -0.4 is 5.32 Å². The number of carbonyl (C=O) groups is 2. The second kappa shape index (κ2) is 4.73. The van der Waals surface area contributed by atoms with Gasteiger partial charge in [-0.3, -0.25) is 0 Å². The van der Waals surface area contributed by atoms with Crippen LogP contribution in [0.2, 0.25) is 0 Å². The first-order valence-corrected chi connectivity index (χ1v) is 4.31. The molecule has 5 nitrogen and oxygen atoms in total. The van der Waals surface area contributed by atoms with Gasteiger partial charge in [0, 0.05) is 0 Å². The van der Waals surface area contributed by atoms with Gasteiger partial charge in [0.05, 0.1) is 22.9 Å². The molecule has 0 amide bonds. The van der Waals surface area contributed by atoms with Crippen molar-refractivity contribution in [2.45, 2.75) is 6.04 Å². The molecule has 0 radical (unpaired) electrons. The Kier molecular flexibility index (Phi) is 3.60. The Morgan fingerprint density at radius 3 is 2.31 bits per heavy atom. The number of alkyl halides is 2. The molecule has 0 aromatic heterocycles. The molecule has 0 aromatic carbocycles. The predicted molar refractivity (Wildman–Crippen MR) is 49.3 cm³/mol. The molecule has 0 aliphatic carbocycles. The van der Waals surface area contributed by atoms with Gasteiger partial charge in [-0.1, -0.05) is 0 Å². The molecular formula is C9H9F2NO4. The molecule has 1 aliphatic rings. The fourth-order valence-electron chi connectivity index (χ4n) is 1.34. The van der Waals surface area contributed by atoms with E-state index < -0.39 is 42.5 Å². The van der Waals surface area contributed by atoms with Crippen molar-refractivity contribution in [1.82, 2.24) is 5.32 Å². The summed E-state index contributed by atoms with van der Waals surface area (Å²) in [4.78, 5) is 21.4. The van der Waals surface area contributed by atoms with Crippen molar-refractivity contribution in [3.63, 3.8) is 0 Å². The average Bonchev–Trinajstić information content (AvgIpc) is 2.26. The number of carboxylic acid groups (broad SMARTS) is 2. The van der Waals surface area contributed by atoms with Crippen molar-refractivity contribution < 1.29 is 28.6 Å². The third-order valence-corrected chi connectivity index (χ3v) is 2.11. The van der Waals surface area contributed by atoms with E-state index in [1.54, 1.807) is 0 Å². The molecule has 0 saturated carbocycles. The van der Waals surface area contributed by atoms with Crippen LogP contribution in [-0.2, 0) is 9.59 Å². The van der Waals surface area contributed by atoms with Crippen LogP contribution >= 0.6 is 0 Å². The third-order valence-electron chi connectivity index (χ3n) is 2.11. The molecule has 1 rings (SSSR count).